The normalized spacial score (nSPS) is 16.4. The van der Waals surface area contributed by atoms with Crippen LogP contribution in [-0.2, 0) is 14.8 Å². The number of fused-ring (bicyclic) bond motifs is 1. The third kappa shape index (κ3) is 5.51. The standard InChI is InChI=1S/C23H28F5N5O6S/c1-12-17(10-31(30-12)19(24)25)40(37,38)32-11-18(21(3,4)29-13(2)34)39-16-8-7-14(9-15(16)32)33(20(35)36)22(5,6)23(26,27)28/h7-10,18-19H,11H2,1-6H3,(H,29,34)(H,35,36)/t18-/m0/s1. The maximum absolute atomic E-state index is 13.8. The van der Waals surface area contributed by atoms with Crippen LogP contribution in [0.5, 0.6) is 5.75 Å². The van der Waals surface area contributed by atoms with Gasteiger partial charge in [0, 0.05) is 6.92 Å². The van der Waals surface area contributed by atoms with Crippen molar-refractivity contribution < 1.29 is 49.8 Å². The number of alkyl halides is 5. The summed E-state index contributed by atoms with van der Waals surface area (Å²) in [5, 5.41) is 15.9. The lowest BCUT2D eigenvalue weighted by Gasteiger charge is -2.43. The second-order valence-corrected chi connectivity index (χ2v) is 12.0. The fourth-order valence-corrected chi connectivity index (χ4v) is 5.88. The number of aromatic nitrogens is 2. The number of hydrogen-bond donors (Lipinski definition) is 2. The number of amides is 2. The van der Waals surface area contributed by atoms with E-state index >= 15 is 0 Å². The van der Waals surface area contributed by atoms with Gasteiger partial charge in [0.15, 0.2) is 0 Å². The van der Waals surface area contributed by atoms with Gasteiger partial charge in [-0.1, -0.05) is 0 Å². The first-order valence-corrected chi connectivity index (χ1v) is 13.1. The number of carboxylic acid groups (broad SMARTS) is 1. The van der Waals surface area contributed by atoms with Gasteiger partial charge in [-0.25, -0.2) is 17.9 Å². The van der Waals surface area contributed by atoms with Gasteiger partial charge in [0.25, 0.3) is 10.0 Å². The number of hydrogen-bond acceptors (Lipinski definition) is 6. The topological polar surface area (TPSA) is 134 Å². The van der Waals surface area contributed by atoms with Gasteiger partial charge in [-0.15, -0.1) is 0 Å². The summed E-state index contributed by atoms with van der Waals surface area (Å²) in [6, 6.07) is 3.00. The number of nitrogens with zero attached hydrogens (tertiary/aromatic N) is 4. The Kier molecular flexibility index (Phi) is 7.79. The molecule has 222 valence electrons. The zero-order valence-electron chi connectivity index (χ0n) is 22.2. The van der Waals surface area contributed by atoms with Gasteiger partial charge in [-0.2, -0.15) is 27.1 Å². The Balaban J connectivity index is 2.26. The maximum Gasteiger partial charge on any atom is 0.412 e. The Morgan fingerprint density at radius 3 is 2.27 bits per heavy atom. The molecule has 1 aromatic heterocycles. The lowest BCUT2D eigenvalue weighted by atomic mass is 9.95. The highest BCUT2D eigenvalue weighted by Gasteiger charge is 2.54. The van der Waals surface area contributed by atoms with Crippen molar-refractivity contribution in [3.63, 3.8) is 0 Å². The largest absolute Gasteiger partial charge is 0.484 e. The van der Waals surface area contributed by atoms with E-state index in [2.05, 4.69) is 10.4 Å². The van der Waals surface area contributed by atoms with Crippen LogP contribution in [0.1, 0.15) is 46.9 Å². The third-order valence-corrected chi connectivity index (χ3v) is 8.34. The van der Waals surface area contributed by atoms with Crippen LogP contribution in [0.4, 0.5) is 38.1 Å². The Labute approximate surface area is 226 Å². The minimum atomic E-state index is -5.02. The van der Waals surface area contributed by atoms with E-state index in [4.69, 9.17) is 4.74 Å². The Hall–Kier alpha value is -3.63. The molecule has 0 saturated carbocycles. The summed E-state index contributed by atoms with van der Waals surface area (Å²) < 4.78 is 102. The lowest BCUT2D eigenvalue weighted by Crippen LogP contribution is -2.60. The van der Waals surface area contributed by atoms with Crippen molar-refractivity contribution in [1.29, 1.82) is 0 Å². The fourth-order valence-electron chi connectivity index (χ4n) is 4.25. The Morgan fingerprint density at radius 2 is 1.80 bits per heavy atom. The molecule has 0 aliphatic carbocycles. The first-order valence-electron chi connectivity index (χ1n) is 11.7. The van der Waals surface area contributed by atoms with Crippen LogP contribution in [-0.4, -0.2) is 65.2 Å². The van der Waals surface area contributed by atoms with Gasteiger partial charge in [0.1, 0.15) is 22.3 Å². The summed E-state index contributed by atoms with van der Waals surface area (Å²) in [4.78, 5) is 23.2. The van der Waals surface area contributed by atoms with Gasteiger partial charge in [-0.3, -0.25) is 14.0 Å². The molecule has 3 rings (SSSR count). The van der Waals surface area contributed by atoms with Gasteiger partial charge < -0.3 is 15.2 Å². The minimum Gasteiger partial charge on any atom is -0.484 e. The zero-order chi connectivity index (χ0) is 30.6. The summed E-state index contributed by atoms with van der Waals surface area (Å²) in [5.74, 6) is -0.638. The monoisotopic (exact) mass is 597 g/mol. The van der Waals surface area contributed by atoms with E-state index in [1.54, 1.807) is 13.8 Å². The van der Waals surface area contributed by atoms with Crippen LogP contribution in [0, 0.1) is 6.92 Å². The fraction of sp³-hybridized carbons (Fsp3) is 0.522. The summed E-state index contributed by atoms with van der Waals surface area (Å²) in [6.45, 7) is 3.08. The number of rotatable bonds is 7. The Morgan fingerprint density at radius 1 is 1.20 bits per heavy atom. The molecule has 0 fully saturated rings. The molecule has 1 aliphatic heterocycles. The average Bonchev–Trinajstić information content (AvgIpc) is 3.19. The summed E-state index contributed by atoms with van der Waals surface area (Å²) >= 11 is 0. The summed E-state index contributed by atoms with van der Waals surface area (Å²) in [5.41, 5.74) is -5.29. The second kappa shape index (κ2) is 10.1. The van der Waals surface area contributed by atoms with Crippen molar-refractivity contribution in [2.45, 2.75) is 76.3 Å². The number of carbonyl (C=O) groups is 2. The van der Waals surface area contributed by atoms with Gasteiger partial charge in [-0.05, 0) is 52.8 Å². The van der Waals surface area contributed by atoms with E-state index in [0.29, 0.717) is 24.3 Å². The first-order chi connectivity index (χ1) is 18.1. The molecule has 1 aromatic carbocycles. The molecule has 2 aromatic rings. The van der Waals surface area contributed by atoms with E-state index < -0.39 is 69.1 Å². The molecule has 0 radical (unpaired) electrons. The van der Waals surface area contributed by atoms with Crippen molar-refractivity contribution in [3.05, 3.63) is 30.1 Å². The molecule has 0 bridgehead atoms. The number of ether oxygens (including phenoxy) is 1. The SMILES string of the molecule is CC(=O)NC(C)(C)[C@@H]1CN(S(=O)(=O)c2cn(C(F)F)nc2C)c2cc(N(C(=O)O)C(C)(C)C(F)(F)F)ccc2O1. The molecule has 2 N–H and O–H groups in total. The molecule has 17 heteroatoms. The van der Waals surface area contributed by atoms with Gasteiger partial charge in [0.05, 0.1) is 35.3 Å². The van der Waals surface area contributed by atoms with Crippen LogP contribution in [0.25, 0.3) is 0 Å². The second-order valence-electron chi connectivity index (χ2n) is 10.2. The number of aryl methyl sites for hydroxylation is 1. The van der Waals surface area contributed by atoms with Gasteiger partial charge in [0.2, 0.25) is 5.91 Å². The number of carbonyl (C=O) groups excluding carboxylic acids is 1. The predicted molar refractivity (Wildman–Crippen MR) is 132 cm³/mol. The molecule has 40 heavy (non-hydrogen) atoms. The van der Waals surface area contributed by atoms with E-state index in [9.17, 15) is 45.1 Å². The highest BCUT2D eigenvalue weighted by molar-refractivity contribution is 7.92. The quantitative estimate of drug-likeness (QED) is 0.455. The zero-order valence-corrected chi connectivity index (χ0v) is 23.1. The van der Waals surface area contributed by atoms with Crippen LogP contribution in [0.15, 0.2) is 29.3 Å². The summed E-state index contributed by atoms with van der Waals surface area (Å²) in [7, 11) is -4.73. The highest BCUT2D eigenvalue weighted by atomic mass is 32.2. The molecule has 2 amide bonds. The molecule has 0 spiro atoms. The predicted octanol–water partition coefficient (Wildman–Crippen LogP) is 4.28. The van der Waals surface area contributed by atoms with Crippen LogP contribution in [0.2, 0.25) is 0 Å². The van der Waals surface area contributed by atoms with E-state index in [-0.39, 0.29) is 26.7 Å². The van der Waals surface area contributed by atoms with Crippen LogP contribution in [0.3, 0.4) is 0 Å². The number of halogens is 5. The van der Waals surface area contributed by atoms with Crippen molar-refractivity contribution in [1.82, 2.24) is 15.1 Å². The molecule has 0 saturated heterocycles. The van der Waals surface area contributed by atoms with Crippen molar-refractivity contribution >= 4 is 33.4 Å². The highest BCUT2D eigenvalue weighted by Crippen LogP contribution is 2.44. The molecule has 2 heterocycles. The third-order valence-electron chi connectivity index (χ3n) is 6.46. The summed E-state index contributed by atoms with van der Waals surface area (Å²) in [6.07, 6.45) is -7.44. The molecular formula is C23H28F5N5O6S. The van der Waals surface area contributed by atoms with E-state index in [1.807, 2.05) is 0 Å². The van der Waals surface area contributed by atoms with E-state index in [1.165, 1.54) is 13.8 Å². The smallest absolute Gasteiger partial charge is 0.412 e. The molecule has 11 nitrogen and oxygen atoms in total. The molecular weight excluding hydrogens is 569 g/mol. The minimum absolute atomic E-state index is 0.0332. The molecule has 0 unspecified atom stereocenters. The van der Waals surface area contributed by atoms with Crippen molar-refractivity contribution in [2.75, 3.05) is 15.7 Å². The van der Waals surface area contributed by atoms with Crippen molar-refractivity contribution in [3.8, 4) is 5.75 Å². The number of anilines is 2. The average molecular weight is 598 g/mol. The van der Waals surface area contributed by atoms with Crippen LogP contribution >= 0.6 is 0 Å². The first kappa shape index (κ1) is 30.9. The maximum atomic E-state index is 13.8. The van der Waals surface area contributed by atoms with Crippen molar-refractivity contribution in [2.24, 2.45) is 0 Å². The number of nitrogens with one attached hydrogen (secondary N) is 1. The van der Waals surface area contributed by atoms with Crippen LogP contribution < -0.4 is 19.3 Å². The number of benzene rings is 1. The van der Waals surface area contributed by atoms with E-state index in [0.717, 1.165) is 18.2 Å². The van der Waals surface area contributed by atoms with Gasteiger partial charge >= 0.3 is 18.8 Å². The number of sulfonamides is 1. The lowest BCUT2D eigenvalue weighted by molar-refractivity contribution is -0.175. The molecule has 1 aliphatic rings. The Bertz CT molecular complexity index is 1420. The molecule has 1 atom stereocenters.